The van der Waals surface area contributed by atoms with Crippen molar-refractivity contribution in [2.24, 2.45) is 10.9 Å². The van der Waals surface area contributed by atoms with Crippen LogP contribution in [0.25, 0.3) is 44.7 Å². The highest BCUT2D eigenvalue weighted by Crippen LogP contribution is 2.33. The molecule has 2 aliphatic rings. The van der Waals surface area contributed by atoms with E-state index in [0.717, 1.165) is 57.8 Å². The Bertz CT molecular complexity index is 1630. The summed E-state index contributed by atoms with van der Waals surface area (Å²) in [5.41, 5.74) is 8.81. The molecule has 192 valence electrons. The molecule has 2 N–H and O–H groups in total. The number of anilines is 1. The molecule has 1 saturated carbocycles. The lowest BCUT2D eigenvalue weighted by atomic mass is 10.0. The van der Waals surface area contributed by atoms with Gasteiger partial charge in [0.15, 0.2) is 11.5 Å². The Morgan fingerprint density at radius 2 is 1.82 bits per heavy atom. The minimum atomic E-state index is 0.601. The van der Waals surface area contributed by atoms with Gasteiger partial charge in [0.1, 0.15) is 11.2 Å². The lowest BCUT2D eigenvalue weighted by Crippen LogP contribution is -2.29. The largest absolute Gasteiger partial charge is 0.370 e. The van der Waals surface area contributed by atoms with E-state index in [0.29, 0.717) is 11.6 Å². The summed E-state index contributed by atoms with van der Waals surface area (Å²) in [5.74, 6) is 1.37. The van der Waals surface area contributed by atoms with Crippen molar-refractivity contribution in [2.75, 3.05) is 18.0 Å². The summed E-state index contributed by atoms with van der Waals surface area (Å²) in [6.45, 7) is 4.32. The quantitative estimate of drug-likeness (QED) is 0.255. The topological polar surface area (TPSA) is 98.7 Å². The van der Waals surface area contributed by atoms with E-state index < -0.39 is 0 Å². The highest BCUT2D eigenvalue weighted by molar-refractivity contribution is 5.96. The van der Waals surface area contributed by atoms with E-state index in [1.54, 1.807) is 0 Å². The lowest BCUT2D eigenvalue weighted by Gasteiger charge is -2.28. The van der Waals surface area contributed by atoms with Gasteiger partial charge >= 0.3 is 0 Å². The van der Waals surface area contributed by atoms with Crippen LogP contribution in [0.1, 0.15) is 51.9 Å². The molecule has 0 atom stereocenters. The van der Waals surface area contributed by atoms with Crippen LogP contribution in [-0.2, 0) is 0 Å². The monoisotopic (exact) mass is 504 g/mol. The number of aromatic nitrogens is 6. The van der Waals surface area contributed by atoms with Gasteiger partial charge in [0, 0.05) is 42.3 Å². The summed E-state index contributed by atoms with van der Waals surface area (Å²) in [5, 5.41) is 8.58. The zero-order chi connectivity index (χ0) is 25.5. The first-order chi connectivity index (χ1) is 18.7. The maximum Gasteiger partial charge on any atom is 0.181 e. The zero-order valence-electron chi connectivity index (χ0n) is 21.7. The second-order valence-corrected chi connectivity index (χ2v) is 10.7. The van der Waals surface area contributed by atoms with E-state index in [-0.39, 0.29) is 0 Å². The lowest BCUT2D eigenvalue weighted by molar-refractivity contribution is 0.579. The van der Waals surface area contributed by atoms with Crippen LogP contribution in [-0.4, -0.2) is 48.9 Å². The molecule has 0 unspecified atom stereocenters. The second kappa shape index (κ2) is 9.67. The van der Waals surface area contributed by atoms with Gasteiger partial charge in [0.2, 0.25) is 0 Å². The van der Waals surface area contributed by atoms with Crippen LogP contribution in [0.3, 0.4) is 0 Å². The van der Waals surface area contributed by atoms with Gasteiger partial charge in [0.25, 0.3) is 0 Å². The fourth-order valence-electron chi connectivity index (χ4n) is 6.05. The molecule has 5 aromatic rings. The van der Waals surface area contributed by atoms with Gasteiger partial charge in [-0.1, -0.05) is 18.9 Å². The van der Waals surface area contributed by atoms with Crippen molar-refractivity contribution in [3.8, 4) is 22.6 Å². The Balaban J connectivity index is 1.25. The Hall–Kier alpha value is -4.07. The Labute approximate surface area is 221 Å². The molecular weight excluding hydrogens is 472 g/mol. The third kappa shape index (κ3) is 4.23. The summed E-state index contributed by atoms with van der Waals surface area (Å²) in [4.78, 5) is 25.1. The smallest absolute Gasteiger partial charge is 0.181 e. The van der Waals surface area contributed by atoms with E-state index in [2.05, 4.69) is 67.3 Å². The number of para-hydroxylation sites is 1. The van der Waals surface area contributed by atoms with Crippen molar-refractivity contribution < 1.29 is 0 Å². The van der Waals surface area contributed by atoms with E-state index in [1.165, 1.54) is 56.3 Å². The average Bonchev–Trinajstić information content (AvgIpc) is 3.73. The van der Waals surface area contributed by atoms with Gasteiger partial charge in [0.05, 0.1) is 28.5 Å². The Kier molecular flexibility index (Phi) is 5.87. The number of benzene rings is 1. The predicted octanol–water partition coefficient (Wildman–Crippen LogP) is 6.84. The highest BCUT2D eigenvalue weighted by Gasteiger charge is 2.20. The molecule has 8 nitrogen and oxygen atoms in total. The highest BCUT2D eigenvalue weighted by atomic mass is 15.2. The fourth-order valence-corrected chi connectivity index (χ4v) is 6.05. The van der Waals surface area contributed by atoms with Crippen LogP contribution in [0.4, 0.5) is 11.4 Å². The molecule has 4 aromatic heterocycles. The van der Waals surface area contributed by atoms with Crippen LogP contribution in [0.15, 0.2) is 53.9 Å². The predicted molar refractivity (Wildman–Crippen MR) is 153 cm³/mol. The Morgan fingerprint density at radius 1 is 0.974 bits per heavy atom. The number of rotatable bonds is 5. The third-order valence-corrected chi connectivity index (χ3v) is 8.14. The number of hydrogen-bond acceptors (Lipinski definition) is 6. The van der Waals surface area contributed by atoms with Crippen molar-refractivity contribution >= 4 is 39.2 Å². The molecule has 1 saturated heterocycles. The average molecular weight is 505 g/mol. The van der Waals surface area contributed by atoms with Gasteiger partial charge < -0.3 is 9.88 Å². The fraction of sp³-hybridized carbons (Fsp3) is 0.367. The minimum Gasteiger partial charge on any atom is -0.370 e. The molecule has 0 radical (unpaired) electrons. The number of nitrogens with one attached hydrogen (secondary N) is 2. The van der Waals surface area contributed by atoms with E-state index in [4.69, 9.17) is 9.98 Å². The summed E-state index contributed by atoms with van der Waals surface area (Å²) >= 11 is 0. The van der Waals surface area contributed by atoms with Crippen molar-refractivity contribution in [2.45, 2.75) is 51.9 Å². The number of aromatic amines is 2. The van der Waals surface area contributed by atoms with Crippen LogP contribution >= 0.6 is 0 Å². The molecule has 5 heterocycles. The number of H-pyrrole nitrogens is 2. The first kappa shape index (κ1) is 23.1. The van der Waals surface area contributed by atoms with Gasteiger partial charge in [-0.05, 0) is 69.2 Å². The number of imidazole rings is 1. The van der Waals surface area contributed by atoms with Crippen molar-refractivity contribution in [1.29, 1.82) is 0 Å². The first-order valence-electron chi connectivity index (χ1n) is 13.8. The van der Waals surface area contributed by atoms with E-state index in [1.807, 2.05) is 18.6 Å². The maximum absolute atomic E-state index is 5.04. The van der Waals surface area contributed by atoms with E-state index >= 15 is 0 Å². The SMILES string of the molecule is CC(=Nc1cncc(-c2cnc3n[nH]c(-c4nc5c(N6CCCCC6)cccc5[nH]4)c3c2)c1)C1CCCC1. The van der Waals surface area contributed by atoms with Gasteiger partial charge in [-0.25, -0.2) is 9.97 Å². The standard InChI is InChI=1S/C30H32N8/c1-19(20-8-3-4-9-20)33-23-14-21(16-31-18-23)22-15-24-27(36-37-29(24)32-17-22)30-34-25-10-7-11-26(28(25)35-30)38-12-5-2-6-13-38/h7,10-11,14-18,20H,2-6,8-9,12-13H2,1H3,(H,34,35)(H,32,36,37). The number of nitrogens with zero attached hydrogens (tertiary/aromatic N) is 6. The van der Waals surface area contributed by atoms with Crippen LogP contribution in [0.5, 0.6) is 0 Å². The second-order valence-electron chi connectivity index (χ2n) is 10.7. The number of aliphatic imine (C=N–C) groups is 1. The number of hydrogen-bond donors (Lipinski definition) is 2. The number of piperidine rings is 1. The van der Waals surface area contributed by atoms with Crippen molar-refractivity contribution in [1.82, 2.24) is 30.1 Å². The number of fused-ring (bicyclic) bond motifs is 2. The van der Waals surface area contributed by atoms with Crippen molar-refractivity contribution in [3.05, 3.63) is 48.9 Å². The van der Waals surface area contributed by atoms with Crippen LogP contribution in [0, 0.1) is 5.92 Å². The van der Waals surface area contributed by atoms with Gasteiger partial charge in [-0.3, -0.25) is 15.1 Å². The van der Waals surface area contributed by atoms with Crippen LogP contribution < -0.4 is 4.90 Å². The normalized spacial score (nSPS) is 17.2. The molecule has 1 aliphatic carbocycles. The van der Waals surface area contributed by atoms with E-state index in [9.17, 15) is 0 Å². The zero-order valence-corrected chi connectivity index (χ0v) is 21.7. The minimum absolute atomic E-state index is 0.601. The molecule has 38 heavy (non-hydrogen) atoms. The van der Waals surface area contributed by atoms with Crippen LogP contribution in [0.2, 0.25) is 0 Å². The number of pyridine rings is 2. The molecule has 8 heteroatoms. The molecule has 7 rings (SSSR count). The summed E-state index contributed by atoms with van der Waals surface area (Å²) in [6.07, 6.45) is 14.4. The molecule has 0 spiro atoms. The molecule has 1 aliphatic heterocycles. The molecular formula is C30H32N8. The Morgan fingerprint density at radius 3 is 2.68 bits per heavy atom. The summed E-state index contributed by atoms with van der Waals surface area (Å²) in [7, 11) is 0. The molecule has 1 aromatic carbocycles. The molecule has 0 amide bonds. The van der Waals surface area contributed by atoms with Gasteiger partial charge in [-0.2, -0.15) is 5.10 Å². The third-order valence-electron chi connectivity index (χ3n) is 8.14. The summed E-state index contributed by atoms with van der Waals surface area (Å²) in [6, 6.07) is 10.6. The maximum atomic E-state index is 5.04. The summed E-state index contributed by atoms with van der Waals surface area (Å²) < 4.78 is 0. The van der Waals surface area contributed by atoms with Crippen molar-refractivity contribution in [3.63, 3.8) is 0 Å². The molecule has 2 fully saturated rings. The molecule has 0 bridgehead atoms. The van der Waals surface area contributed by atoms with Gasteiger partial charge in [-0.15, -0.1) is 0 Å². The first-order valence-corrected chi connectivity index (χ1v) is 13.8.